The standard InChI is InChI=1S/C13H13FN2/c1-9-6-7-13(11(15)8-9)16-12-5-3-2-4-10(12)14/h2-8,16H,15H2,1H3. The van der Waals surface area contributed by atoms with Crippen LogP contribution in [0.5, 0.6) is 0 Å². The smallest absolute Gasteiger partial charge is 0.146 e. The average Bonchev–Trinajstić information content (AvgIpc) is 2.25. The molecule has 0 radical (unpaired) electrons. The summed E-state index contributed by atoms with van der Waals surface area (Å²) in [6.07, 6.45) is 0. The number of halogens is 1. The molecule has 0 saturated heterocycles. The van der Waals surface area contributed by atoms with Gasteiger partial charge in [-0.15, -0.1) is 0 Å². The number of rotatable bonds is 2. The molecule has 3 heteroatoms. The fourth-order valence-electron chi connectivity index (χ4n) is 1.50. The maximum atomic E-state index is 13.4. The normalized spacial score (nSPS) is 10.1. The van der Waals surface area contributed by atoms with E-state index in [4.69, 9.17) is 5.73 Å². The van der Waals surface area contributed by atoms with Crippen molar-refractivity contribution in [3.05, 3.63) is 53.8 Å². The summed E-state index contributed by atoms with van der Waals surface area (Å²) < 4.78 is 13.4. The molecule has 0 amide bonds. The van der Waals surface area contributed by atoms with Gasteiger partial charge < -0.3 is 11.1 Å². The Hall–Kier alpha value is -2.03. The van der Waals surface area contributed by atoms with Crippen LogP contribution < -0.4 is 11.1 Å². The van der Waals surface area contributed by atoms with Crippen molar-refractivity contribution in [1.82, 2.24) is 0 Å². The summed E-state index contributed by atoms with van der Waals surface area (Å²) in [7, 11) is 0. The van der Waals surface area contributed by atoms with E-state index in [9.17, 15) is 4.39 Å². The first-order valence-corrected chi connectivity index (χ1v) is 5.04. The monoisotopic (exact) mass is 216 g/mol. The number of anilines is 3. The van der Waals surface area contributed by atoms with Gasteiger partial charge in [-0.1, -0.05) is 18.2 Å². The van der Waals surface area contributed by atoms with E-state index in [2.05, 4.69) is 5.32 Å². The van der Waals surface area contributed by atoms with Gasteiger partial charge in [-0.05, 0) is 36.8 Å². The number of nitrogen functional groups attached to an aromatic ring is 1. The molecular weight excluding hydrogens is 203 g/mol. The minimum absolute atomic E-state index is 0.289. The van der Waals surface area contributed by atoms with Gasteiger partial charge in [0.05, 0.1) is 17.1 Å². The van der Waals surface area contributed by atoms with Crippen LogP contribution in [-0.2, 0) is 0 Å². The molecule has 16 heavy (non-hydrogen) atoms. The van der Waals surface area contributed by atoms with E-state index >= 15 is 0 Å². The molecular formula is C13H13FN2. The van der Waals surface area contributed by atoms with Crippen molar-refractivity contribution in [1.29, 1.82) is 0 Å². The van der Waals surface area contributed by atoms with E-state index in [0.29, 0.717) is 11.4 Å². The lowest BCUT2D eigenvalue weighted by Gasteiger charge is -2.10. The molecule has 0 aliphatic heterocycles. The molecule has 0 aromatic heterocycles. The zero-order valence-corrected chi connectivity index (χ0v) is 9.00. The Balaban J connectivity index is 2.31. The summed E-state index contributed by atoms with van der Waals surface area (Å²) in [5, 5.41) is 2.97. The Morgan fingerprint density at radius 2 is 1.81 bits per heavy atom. The first-order chi connectivity index (χ1) is 7.66. The number of para-hydroxylation sites is 1. The summed E-state index contributed by atoms with van der Waals surface area (Å²) in [5.41, 5.74) is 8.68. The van der Waals surface area contributed by atoms with Gasteiger partial charge >= 0.3 is 0 Å². The number of benzene rings is 2. The van der Waals surface area contributed by atoms with E-state index in [-0.39, 0.29) is 5.82 Å². The Labute approximate surface area is 93.9 Å². The highest BCUT2D eigenvalue weighted by Crippen LogP contribution is 2.25. The van der Waals surface area contributed by atoms with Gasteiger partial charge in [0.15, 0.2) is 0 Å². The molecule has 0 aliphatic rings. The van der Waals surface area contributed by atoms with Crippen molar-refractivity contribution in [2.45, 2.75) is 6.92 Å². The summed E-state index contributed by atoms with van der Waals surface area (Å²) >= 11 is 0. The van der Waals surface area contributed by atoms with Crippen molar-refractivity contribution < 1.29 is 4.39 Å². The highest BCUT2D eigenvalue weighted by Gasteiger charge is 2.03. The predicted octanol–water partition coefficient (Wildman–Crippen LogP) is 3.46. The summed E-state index contributed by atoms with van der Waals surface area (Å²) in [6.45, 7) is 1.96. The van der Waals surface area contributed by atoms with Crippen molar-refractivity contribution in [2.24, 2.45) is 0 Å². The maximum Gasteiger partial charge on any atom is 0.146 e. The number of hydrogen-bond acceptors (Lipinski definition) is 2. The van der Waals surface area contributed by atoms with Crippen LogP contribution in [0.4, 0.5) is 21.5 Å². The SMILES string of the molecule is Cc1ccc(Nc2ccccc2F)c(N)c1. The maximum absolute atomic E-state index is 13.4. The fraction of sp³-hybridized carbons (Fsp3) is 0.0769. The zero-order valence-electron chi connectivity index (χ0n) is 9.00. The molecule has 0 aliphatic carbocycles. The molecule has 3 N–H and O–H groups in total. The third-order valence-electron chi connectivity index (χ3n) is 2.35. The van der Waals surface area contributed by atoms with Crippen LogP contribution in [0.15, 0.2) is 42.5 Å². The highest BCUT2D eigenvalue weighted by molar-refractivity contribution is 5.73. The van der Waals surface area contributed by atoms with Crippen molar-refractivity contribution in [2.75, 3.05) is 11.1 Å². The van der Waals surface area contributed by atoms with Crippen LogP contribution in [0.2, 0.25) is 0 Å². The van der Waals surface area contributed by atoms with Gasteiger partial charge in [0.2, 0.25) is 0 Å². The Morgan fingerprint density at radius 3 is 2.50 bits per heavy atom. The number of nitrogens with two attached hydrogens (primary N) is 1. The predicted molar refractivity (Wildman–Crippen MR) is 65.3 cm³/mol. The number of nitrogens with one attached hydrogen (secondary N) is 1. The molecule has 0 bridgehead atoms. The second-order valence-electron chi connectivity index (χ2n) is 3.70. The average molecular weight is 216 g/mol. The molecule has 82 valence electrons. The lowest BCUT2D eigenvalue weighted by atomic mass is 10.2. The Kier molecular flexibility index (Phi) is 2.77. The van der Waals surface area contributed by atoms with E-state index in [1.165, 1.54) is 6.07 Å². The molecule has 0 saturated carbocycles. The summed E-state index contributed by atoms with van der Waals surface area (Å²) in [6, 6.07) is 12.1. The molecule has 0 atom stereocenters. The molecule has 2 nitrogen and oxygen atoms in total. The van der Waals surface area contributed by atoms with Gasteiger partial charge in [0.1, 0.15) is 5.82 Å². The molecule has 0 spiro atoms. The lowest BCUT2D eigenvalue weighted by Crippen LogP contribution is -1.98. The van der Waals surface area contributed by atoms with Crippen LogP contribution in [-0.4, -0.2) is 0 Å². The molecule has 0 heterocycles. The van der Waals surface area contributed by atoms with Gasteiger partial charge in [-0.2, -0.15) is 0 Å². The largest absolute Gasteiger partial charge is 0.397 e. The topological polar surface area (TPSA) is 38.0 Å². The minimum atomic E-state index is -0.289. The van der Waals surface area contributed by atoms with Gasteiger partial charge in [0.25, 0.3) is 0 Å². The molecule has 2 rings (SSSR count). The van der Waals surface area contributed by atoms with Gasteiger partial charge in [-0.3, -0.25) is 0 Å². The Bertz CT molecular complexity index is 509. The van der Waals surface area contributed by atoms with Crippen molar-refractivity contribution in [3.8, 4) is 0 Å². The molecule has 2 aromatic carbocycles. The second kappa shape index (κ2) is 4.23. The molecule has 0 unspecified atom stereocenters. The summed E-state index contributed by atoms with van der Waals surface area (Å²) in [5.74, 6) is -0.289. The van der Waals surface area contributed by atoms with Crippen LogP contribution in [0, 0.1) is 12.7 Å². The lowest BCUT2D eigenvalue weighted by molar-refractivity contribution is 0.632. The first-order valence-electron chi connectivity index (χ1n) is 5.04. The van der Waals surface area contributed by atoms with E-state index in [1.54, 1.807) is 18.2 Å². The van der Waals surface area contributed by atoms with E-state index in [0.717, 1.165) is 11.3 Å². The third-order valence-corrected chi connectivity index (χ3v) is 2.35. The quantitative estimate of drug-likeness (QED) is 0.754. The van der Waals surface area contributed by atoms with Crippen LogP contribution in [0.3, 0.4) is 0 Å². The van der Waals surface area contributed by atoms with E-state index in [1.807, 2.05) is 25.1 Å². The fourth-order valence-corrected chi connectivity index (χ4v) is 1.50. The van der Waals surface area contributed by atoms with Crippen LogP contribution >= 0.6 is 0 Å². The number of hydrogen-bond donors (Lipinski definition) is 2. The van der Waals surface area contributed by atoms with Gasteiger partial charge in [0, 0.05) is 0 Å². The third kappa shape index (κ3) is 2.14. The second-order valence-corrected chi connectivity index (χ2v) is 3.70. The van der Waals surface area contributed by atoms with Crippen LogP contribution in [0.25, 0.3) is 0 Å². The molecule has 2 aromatic rings. The minimum Gasteiger partial charge on any atom is -0.397 e. The zero-order chi connectivity index (χ0) is 11.5. The van der Waals surface area contributed by atoms with E-state index < -0.39 is 0 Å². The first kappa shape index (κ1) is 10.5. The molecule has 0 fully saturated rings. The highest BCUT2D eigenvalue weighted by atomic mass is 19.1. The van der Waals surface area contributed by atoms with Gasteiger partial charge in [-0.25, -0.2) is 4.39 Å². The van der Waals surface area contributed by atoms with Crippen molar-refractivity contribution in [3.63, 3.8) is 0 Å². The van der Waals surface area contributed by atoms with Crippen molar-refractivity contribution >= 4 is 17.1 Å². The number of aryl methyl sites for hydroxylation is 1. The van der Waals surface area contributed by atoms with Crippen LogP contribution in [0.1, 0.15) is 5.56 Å². The Morgan fingerprint density at radius 1 is 1.06 bits per heavy atom. The summed E-state index contributed by atoms with van der Waals surface area (Å²) in [4.78, 5) is 0.